The Bertz CT molecular complexity index is 471. The molecule has 0 N–H and O–H groups in total. The number of benzene rings is 1. The highest BCUT2D eigenvalue weighted by atomic mass is 16.5. The first-order valence-corrected chi connectivity index (χ1v) is 7.05. The molecular formula is C16H23NO3. The number of rotatable bonds is 6. The van der Waals surface area contributed by atoms with Gasteiger partial charge in [0, 0.05) is 19.5 Å². The third kappa shape index (κ3) is 3.65. The molecule has 1 amide bonds. The van der Waals surface area contributed by atoms with E-state index in [4.69, 9.17) is 9.47 Å². The second kappa shape index (κ2) is 6.16. The van der Waals surface area contributed by atoms with Crippen LogP contribution >= 0.6 is 0 Å². The van der Waals surface area contributed by atoms with Crippen molar-refractivity contribution >= 4 is 5.91 Å². The maximum Gasteiger partial charge on any atom is 0.223 e. The molecule has 1 aromatic rings. The number of para-hydroxylation sites is 2. The first-order chi connectivity index (χ1) is 9.52. The second-order valence-corrected chi connectivity index (χ2v) is 6.01. The molecule has 0 radical (unpaired) electrons. The van der Waals surface area contributed by atoms with Crippen LogP contribution in [-0.2, 0) is 4.79 Å². The molecule has 4 nitrogen and oxygen atoms in total. The molecule has 20 heavy (non-hydrogen) atoms. The van der Waals surface area contributed by atoms with Crippen LogP contribution in [0.2, 0.25) is 0 Å². The number of ether oxygens (including phenoxy) is 2. The molecule has 1 aromatic carbocycles. The molecule has 0 aliphatic carbocycles. The van der Waals surface area contributed by atoms with E-state index in [-0.39, 0.29) is 11.3 Å². The van der Waals surface area contributed by atoms with Gasteiger partial charge in [0.1, 0.15) is 0 Å². The van der Waals surface area contributed by atoms with Gasteiger partial charge in [0.05, 0.1) is 13.7 Å². The van der Waals surface area contributed by atoms with E-state index in [9.17, 15) is 4.79 Å². The summed E-state index contributed by atoms with van der Waals surface area (Å²) in [5.41, 5.74) is 0.112. The van der Waals surface area contributed by atoms with Gasteiger partial charge in [-0.15, -0.1) is 0 Å². The zero-order valence-electron chi connectivity index (χ0n) is 12.5. The van der Waals surface area contributed by atoms with Crippen molar-refractivity contribution in [2.45, 2.75) is 26.7 Å². The van der Waals surface area contributed by atoms with Crippen LogP contribution in [0.5, 0.6) is 11.5 Å². The zero-order valence-corrected chi connectivity index (χ0v) is 12.5. The number of amides is 1. The van der Waals surface area contributed by atoms with Crippen molar-refractivity contribution in [2.75, 3.05) is 26.8 Å². The summed E-state index contributed by atoms with van der Waals surface area (Å²) in [5, 5.41) is 0. The van der Waals surface area contributed by atoms with Gasteiger partial charge in [-0.1, -0.05) is 26.0 Å². The van der Waals surface area contributed by atoms with E-state index in [0.29, 0.717) is 13.0 Å². The summed E-state index contributed by atoms with van der Waals surface area (Å²) >= 11 is 0. The van der Waals surface area contributed by atoms with Crippen LogP contribution in [0.1, 0.15) is 26.7 Å². The Morgan fingerprint density at radius 3 is 2.55 bits per heavy atom. The first-order valence-electron chi connectivity index (χ1n) is 7.05. The van der Waals surface area contributed by atoms with Crippen molar-refractivity contribution in [2.24, 2.45) is 5.41 Å². The molecule has 1 aliphatic heterocycles. The summed E-state index contributed by atoms with van der Waals surface area (Å²) in [6.45, 7) is 6.47. The van der Waals surface area contributed by atoms with Gasteiger partial charge >= 0.3 is 0 Å². The standard InChI is InChI=1S/C16H23NO3/c1-16(2)11-15(18)17(12-16)9-6-10-20-14-8-5-4-7-13(14)19-3/h4-5,7-8H,6,9-12H2,1-3H3. The first kappa shape index (κ1) is 14.7. The average Bonchev–Trinajstić information content (AvgIpc) is 2.68. The predicted octanol–water partition coefficient (Wildman–Crippen LogP) is 2.72. The quantitative estimate of drug-likeness (QED) is 0.750. The fraction of sp³-hybridized carbons (Fsp3) is 0.562. The number of likely N-dealkylation sites (tertiary alicyclic amines) is 1. The van der Waals surface area contributed by atoms with Crippen LogP contribution in [-0.4, -0.2) is 37.6 Å². The number of carbonyl (C=O) groups is 1. The van der Waals surface area contributed by atoms with Crippen LogP contribution in [0.15, 0.2) is 24.3 Å². The number of nitrogens with zero attached hydrogens (tertiary/aromatic N) is 1. The summed E-state index contributed by atoms with van der Waals surface area (Å²) in [5.74, 6) is 1.75. The summed E-state index contributed by atoms with van der Waals surface area (Å²) in [6, 6.07) is 7.60. The van der Waals surface area contributed by atoms with Gasteiger partial charge < -0.3 is 14.4 Å². The van der Waals surface area contributed by atoms with Crippen LogP contribution in [0.25, 0.3) is 0 Å². The van der Waals surface area contributed by atoms with Crippen molar-refractivity contribution in [3.8, 4) is 11.5 Å². The Morgan fingerprint density at radius 2 is 1.95 bits per heavy atom. The molecule has 0 aromatic heterocycles. The molecule has 0 atom stereocenters. The molecule has 1 aliphatic rings. The summed E-state index contributed by atoms with van der Waals surface area (Å²) in [7, 11) is 1.63. The zero-order chi connectivity index (χ0) is 14.6. The summed E-state index contributed by atoms with van der Waals surface area (Å²) in [6.07, 6.45) is 1.49. The molecule has 1 fully saturated rings. The van der Waals surface area contributed by atoms with E-state index in [2.05, 4.69) is 13.8 Å². The number of methoxy groups -OCH3 is 1. The highest BCUT2D eigenvalue weighted by molar-refractivity contribution is 5.79. The minimum Gasteiger partial charge on any atom is -0.493 e. The molecule has 0 saturated carbocycles. The van der Waals surface area contributed by atoms with Gasteiger partial charge in [-0.3, -0.25) is 4.79 Å². The molecular weight excluding hydrogens is 254 g/mol. The molecule has 2 rings (SSSR count). The average molecular weight is 277 g/mol. The lowest BCUT2D eigenvalue weighted by molar-refractivity contribution is -0.127. The Balaban J connectivity index is 1.76. The van der Waals surface area contributed by atoms with Gasteiger partial charge in [0.2, 0.25) is 5.91 Å². The van der Waals surface area contributed by atoms with Crippen molar-refractivity contribution in [3.63, 3.8) is 0 Å². The molecule has 1 saturated heterocycles. The maximum absolute atomic E-state index is 11.8. The lowest BCUT2D eigenvalue weighted by Gasteiger charge is -2.19. The molecule has 0 unspecified atom stereocenters. The molecule has 1 heterocycles. The van der Waals surface area contributed by atoms with Crippen molar-refractivity contribution < 1.29 is 14.3 Å². The summed E-state index contributed by atoms with van der Waals surface area (Å²) < 4.78 is 10.9. The normalized spacial score (nSPS) is 17.4. The minimum atomic E-state index is 0.112. The molecule has 4 heteroatoms. The smallest absolute Gasteiger partial charge is 0.223 e. The maximum atomic E-state index is 11.8. The second-order valence-electron chi connectivity index (χ2n) is 6.01. The van der Waals surface area contributed by atoms with Crippen molar-refractivity contribution in [1.82, 2.24) is 4.90 Å². The van der Waals surface area contributed by atoms with Crippen LogP contribution < -0.4 is 9.47 Å². The fourth-order valence-electron chi connectivity index (χ4n) is 2.56. The van der Waals surface area contributed by atoms with E-state index in [1.54, 1.807) is 7.11 Å². The number of carbonyl (C=O) groups excluding carboxylic acids is 1. The van der Waals surface area contributed by atoms with Crippen LogP contribution in [0, 0.1) is 5.41 Å². The van der Waals surface area contributed by atoms with Crippen molar-refractivity contribution in [3.05, 3.63) is 24.3 Å². The third-order valence-electron chi connectivity index (χ3n) is 3.50. The van der Waals surface area contributed by atoms with Crippen LogP contribution in [0.3, 0.4) is 0 Å². The van der Waals surface area contributed by atoms with Crippen molar-refractivity contribution in [1.29, 1.82) is 0 Å². The lowest BCUT2D eigenvalue weighted by Crippen LogP contribution is -2.28. The van der Waals surface area contributed by atoms with Gasteiger partial charge in [-0.2, -0.15) is 0 Å². The van der Waals surface area contributed by atoms with E-state index in [1.165, 1.54) is 0 Å². The van der Waals surface area contributed by atoms with E-state index in [1.807, 2.05) is 29.2 Å². The van der Waals surface area contributed by atoms with E-state index in [0.717, 1.165) is 31.0 Å². The van der Waals surface area contributed by atoms with Crippen LogP contribution in [0.4, 0.5) is 0 Å². The number of hydrogen-bond acceptors (Lipinski definition) is 3. The van der Waals surface area contributed by atoms with Gasteiger partial charge in [-0.05, 0) is 24.0 Å². The Labute approximate surface area is 120 Å². The topological polar surface area (TPSA) is 38.8 Å². The monoisotopic (exact) mass is 277 g/mol. The third-order valence-corrected chi connectivity index (χ3v) is 3.50. The summed E-state index contributed by atoms with van der Waals surface area (Å²) in [4.78, 5) is 13.8. The molecule has 110 valence electrons. The SMILES string of the molecule is COc1ccccc1OCCCN1CC(C)(C)CC1=O. The Morgan fingerprint density at radius 1 is 1.25 bits per heavy atom. The number of hydrogen-bond donors (Lipinski definition) is 0. The van der Waals surface area contributed by atoms with Gasteiger partial charge in [0.15, 0.2) is 11.5 Å². The Kier molecular flexibility index (Phi) is 4.53. The lowest BCUT2D eigenvalue weighted by atomic mass is 9.93. The Hall–Kier alpha value is -1.71. The largest absolute Gasteiger partial charge is 0.493 e. The van der Waals surface area contributed by atoms with Gasteiger partial charge in [0.25, 0.3) is 0 Å². The molecule has 0 spiro atoms. The molecule has 0 bridgehead atoms. The highest BCUT2D eigenvalue weighted by Crippen LogP contribution is 2.30. The van der Waals surface area contributed by atoms with E-state index < -0.39 is 0 Å². The predicted molar refractivity (Wildman–Crippen MR) is 78.1 cm³/mol. The van der Waals surface area contributed by atoms with E-state index >= 15 is 0 Å². The highest BCUT2D eigenvalue weighted by Gasteiger charge is 2.34. The van der Waals surface area contributed by atoms with Gasteiger partial charge in [-0.25, -0.2) is 0 Å². The minimum absolute atomic E-state index is 0.112. The fourth-order valence-corrected chi connectivity index (χ4v) is 2.56.